The van der Waals surface area contributed by atoms with Crippen LogP contribution in [-0.4, -0.2) is 44.8 Å². The number of rotatable bonds is 11. The van der Waals surface area contributed by atoms with Gasteiger partial charge in [-0.25, -0.2) is 8.42 Å². The van der Waals surface area contributed by atoms with Crippen molar-refractivity contribution < 1.29 is 18.0 Å². The molecule has 8 heteroatoms. The van der Waals surface area contributed by atoms with Gasteiger partial charge in [-0.15, -0.1) is 0 Å². The third-order valence-corrected chi connectivity index (χ3v) is 8.40. The average molecular weight is 556 g/mol. The molecule has 2 amide bonds. The van der Waals surface area contributed by atoms with Crippen LogP contribution >= 0.6 is 0 Å². The molecule has 7 nitrogen and oxygen atoms in total. The van der Waals surface area contributed by atoms with Gasteiger partial charge in [-0.2, -0.15) is 0 Å². The lowest BCUT2D eigenvalue weighted by molar-refractivity contribution is -0.139. The van der Waals surface area contributed by atoms with E-state index in [9.17, 15) is 18.0 Å². The van der Waals surface area contributed by atoms with Crippen molar-refractivity contribution in [3.05, 3.63) is 132 Å². The van der Waals surface area contributed by atoms with Gasteiger partial charge < -0.3 is 10.2 Å². The maximum atomic E-state index is 14.2. The molecule has 0 fully saturated rings. The Kier molecular flexibility index (Phi) is 9.35. The van der Waals surface area contributed by atoms with Gasteiger partial charge in [-0.1, -0.05) is 96.6 Å². The fourth-order valence-corrected chi connectivity index (χ4v) is 6.01. The molecule has 4 aromatic rings. The van der Waals surface area contributed by atoms with E-state index in [1.165, 1.54) is 24.1 Å². The summed E-state index contributed by atoms with van der Waals surface area (Å²) in [5, 5.41) is 2.69. The molecule has 1 unspecified atom stereocenters. The van der Waals surface area contributed by atoms with E-state index >= 15 is 0 Å². The first kappa shape index (κ1) is 28.6. The van der Waals surface area contributed by atoms with E-state index in [4.69, 9.17) is 0 Å². The van der Waals surface area contributed by atoms with Crippen molar-refractivity contribution in [3.63, 3.8) is 0 Å². The Balaban J connectivity index is 1.76. The SMILES string of the molecule is CNC(=O)C(Cc1ccccc1)N(Cc1cccc(C)c1)C(=O)CN(c1ccccc1)S(=O)(=O)c1ccccc1. The summed E-state index contributed by atoms with van der Waals surface area (Å²) in [6, 6.07) is 32.9. The second-order valence-corrected chi connectivity index (χ2v) is 11.4. The van der Waals surface area contributed by atoms with Crippen LogP contribution in [0.5, 0.6) is 0 Å². The molecule has 0 aliphatic rings. The largest absolute Gasteiger partial charge is 0.357 e. The van der Waals surface area contributed by atoms with E-state index in [0.29, 0.717) is 5.69 Å². The highest BCUT2D eigenvalue weighted by Crippen LogP contribution is 2.25. The molecule has 1 atom stereocenters. The minimum absolute atomic E-state index is 0.0732. The van der Waals surface area contributed by atoms with Gasteiger partial charge in [-0.3, -0.25) is 13.9 Å². The fourth-order valence-electron chi connectivity index (χ4n) is 4.57. The Hall–Kier alpha value is -4.43. The van der Waals surface area contributed by atoms with E-state index in [-0.39, 0.29) is 23.8 Å². The highest BCUT2D eigenvalue weighted by atomic mass is 32.2. The monoisotopic (exact) mass is 555 g/mol. The van der Waals surface area contributed by atoms with E-state index in [1.54, 1.807) is 48.5 Å². The van der Waals surface area contributed by atoms with E-state index in [1.807, 2.05) is 61.5 Å². The van der Waals surface area contributed by atoms with Crippen molar-refractivity contribution in [3.8, 4) is 0 Å². The van der Waals surface area contributed by atoms with Gasteiger partial charge >= 0.3 is 0 Å². The number of sulfonamides is 1. The molecule has 0 bridgehead atoms. The lowest BCUT2D eigenvalue weighted by Crippen LogP contribution is -2.53. The molecule has 4 aromatic carbocycles. The Morgan fingerprint density at radius 3 is 1.95 bits per heavy atom. The molecule has 4 rings (SSSR count). The zero-order valence-corrected chi connectivity index (χ0v) is 23.4. The van der Waals surface area contributed by atoms with Gasteiger partial charge in [0.1, 0.15) is 12.6 Å². The number of hydrogen-bond acceptors (Lipinski definition) is 4. The van der Waals surface area contributed by atoms with E-state index in [2.05, 4.69) is 5.32 Å². The Bertz CT molecular complexity index is 1530. The molecular formula is C32H33N3O4S. The van der Waals surface area contributed by atoms with Crippen LogP contribution in [0, 0.1) is 6.92 Å². The first-order chi connectivity index (χ1) is 19.3. The van der Waals surface area contributed by atoms with Crippen LogP contribution in [0.1, 0.15) is 16.7 Å². The Morgan fingerprint density at radius 2 is 1.35 bits per heavy atom. The standard InChI is InChI=1S/C32H33N3O4S/c1-25-13-12-16-27(21-25)23-34(30(32(37)33-2)22-26-14-6-3-7-15-26)31(36)24-35(28-17-8-4-9-18-28)40(38,39)29-19-10-5-11-20-29/h3-21,30H,22-24H2,1-2H3,(H,33,37). The molecule has 1 N–H and O–H groups in total. The molecule has 0 aliphatic carbocycles. The molecule has 0 radical (unpaired) electrons. The van der Waals surface area contributed by atoms with E-state index in [0.717, 1.165) is 21.0 Å². The summed E-state index contributed by atoms with van der Waals surface area (Å²) < 4.78 is 28.7. The summed E-state index contributed by atoms with van der Waals surface area (Å²) in [6.45, 7) is 1.62. The van der Waals surface area contributed by atoms with Crippen LogP contribution < -0.4 is 9.62 Å². The summed E-state index contributed by atoms with van der Waals surface area (Å²) in [4.78, 5) is 29.0. The van der Waals surface area contributed by atoms with Crippen LogP contribution in [0.25, 0.3) is 0 Å². The minimum atomic E-state index is -4.09. The third kappa shape index (κ3) is 6.95. The number of para-hydroxylation sites is 1. The number of carbonyl (C=O) groups is 2. The predicted octanol–water partition coefficient (Wildman–Crippen LogP) is 4.58. The predicted molar refractivity (Wildman–Crippen MR) is 157 cm³/mol. The van der Waals surface area contributed by atoms with Crippen molar-refractivity contribution in [1.82, 2.24) is 10.2 Å². The summed E-state index contributed by atoms with van der Waals surface area (Å²) in [5.74, 6) is -0.823. The molecular weight excluding hydrogens is 522 g/mol. The summed E-state index contributed by atoms with van der Waals surface area (Å²) in [5.41, 5.74) is 3.10. The smallest absolute Gasteiger partial charge is 0.264 e. The number of benzene rings is 4. The number of aryl methyl sites for hydroxylation is 1. The van der Waals surface area contributed by atoms with Crippen molar-refractivity contribution >= 4 is 27.5 Å². The summed E-state index contributed by atoms with van der Waals surface area (Å²) >= 11 is 0. The van der Waals surface area contributed by atoms with E-state index < -0.39 is 28.5 Å². The zero-order chi connectivity index (χ0) is 28.5. The van der Waals surface area contributed by atoms with Crippen molar-refractivity contribution in [2.45, 2.75) is 30.8 Å². The quantitative estimate of drug-likeness (QED) is 0.294. The molecule has 0 aliphatic heterocycles. The highest BCUT2D eigenvalue weighted by Gasteiger charge is 2.34. The zero-order valence-electron chi connectivity index (χ0n) is 22.6. The summed E-state index contributed by atoms with van der Waals surface area (Å²) in [6.07, 6.45) is 0.273. The third-order valence-electron chi connectivity index (χ3n) is 6.61. The van der Waals surface area contributed by atoms with Gasteiger partial charge in [-0.05, 0) is 42.3 Å². The van der Waals surface area contributed by atoms with Crippen molar-refractivity contribution in [1.29, 1.82) is 0 Å². The normalized spacial score (nSPS) is 11.8. The highest BCUT2D eigenvalue weighted by molar-refractivity contribution is 7.92. The van der Waals surface area contributed by atoms with Crippen molar-refractivity contribution in [2.75, 3.05) is 17.9 Å². The summed E-state index contributed by atoms with van der Waals surface area (Å²) in [7, 11) is -2.55. The first-order valence-corrected chi connectivity index (χ1v) is 14.5. The number of anilines is 1. The minimum Gasteiger partial charge on any atom is -0.357 e. The topological polar surface area (TPSA) is 86.8 Å². The van der Waals surface area contributed by atoms with Crippen LogP contribution in [0.2, 0.25) is 0 Å². The van der Waals surface area contributed by atoms with Gasteiger partial charge in [0.15, 0.2) is 0 Å². The number of carbonyl (C=O) groups excluding carboxylic acids is 2. The molecule has 40 heavy (non-hydrogen) atoms. The molecule has 0 heterocycles. The fraction of sp³-hybridized carbons (Fsp3) is 0.188. The number of nitrogens with zero attached hydrogens (tertiary/aromatic N) is 2. The van der Waals surface area contributed by atoms with Crippen LogP contribution in [-0.2, 0) is 32.6 Å². The maximum Gasteiger partial charge on any atom is 0.264 e. The molecule has 0 spiro atoms. The van der Waals surface area contributed by atoms with Crippen LogP contribution in [0.15, 0.2) is 120 Å². The number of amides is 2. The number of hydrogen-bond donors (Lipinski definition) is 1. The molecule has 0 aromatic heterocycles. The van der Waals surface area contributed by atoms with Gasteiger partial charge in [0, 0.05) is 20.0 Å². The maximum absolute atomic E-state index is 14.2. The number of likely N-dealkylation sites (N-methyl/N-ethyl adjacent to an activating group) is 1. The lowest BCUT2D eigenvalue weighted by Gasteiger charge is -2.33. The van der Waals surface area contributed by atoms with Gasteiger partial charge in [0.2, 0.25) is 11.8 Å². The van der Waals surface area contributed by atoms with Crippen molar-refractivity contribution in [2.24, 2.45) is 0 Å². The molecule has 0 saturated carbocycles. The Labute approximate surface area is 236 Å². The Morgan fingerprint density at radius 1 is 0.775 bits per heavy atom. The second kappa shape index (κ2) is 13.1. The van der Waals surface area contributed by atoms with Gasteiger partial charge in [0.25, 0.3) is 10.0 Å². The molecule has 206 valence electrons. The number of nitrogens with one attached hydrogen (secondary N) is 1. The van der Waals surface area contributed by atoms with Crippen LogP contribution in [0.3, 0.4) is 0 Å². The average Bonchev–Trinajstić information content (AvgIpc) is 2.98. The second-order valence-electron chi connectivity index (χ2n) is 9.49. The first-order valence-electron chi connectivity index (χ1n) is 13.0. The molecule has 0 saturated heterocycles. The lowest BCUT2D eigenvalue weighted by atomic mass is 10.0. The van der Waals surface area contributed by atoms with Gasteiger partial charge in [0.05, 0.1) is 10.6 Å². The van der Waals surface area contributed by atoms with Crippen LogP contribution in [0.4, 0.5) is 5.69 Å².